The summed E-state index contributed by atoms with van der Waals surface area (Å²) < 4.78 is 4.61. The maximum absolute atomic E-state index is 11.5. The van der Waals surface area contributed by atoms with Crippen LogP contribution >= 0.6 is 0 Å². The van der Waals surface area contributed by atoms with Gasteiger partial charge in [-0.3, -0.25) is 9.59 Å². The molecule has 17 heavy (non-hydrogen) atoms. The summed E-state index contributed by atoms with van der Waals surface area (Å²) in [7, 11) is 1.37. The van der Waals surface area contributed by atoms with Crippen LogP contribution in [0.15, 0.2) is 30.3 Å². The molecule has 0 N–H and O–H groups in total. The third-order valence-corrected chi connectivity index (χ3v) is 3.00. The fourth-order valence-corrected chi connectivity index (χ4v) is 1.98. The molecular formula is C13H15NO3. The van der Waals surface area contributed by atoms with E-state index >= 15 is 0 Å². The molecule has 2 rings (SSSR count). The van der Waals surface area contributed by atoms with E-state index in [1.54, 1.807) is 4.90 Å². The van der Waals surface area contributed by atoms with Crippen LogP contribution in [0.2, 0.25) is 0 Å². The van der Waals surface area contributed by atoms with Crippen molar-refractivity contribution in [2.24, 2.45) is 0 Å². The van der Waals surface area contributed by atoms with Crippen molar-refractivity contribution in [3.63, 3.8) is 0 Å². The van der Waals surface area contributed by atoms with Gasteiger partial charge < -0.3 is 9.64 Å². The minimum absolute atomic E-state index is 0.00449. The molecule has 1 atom stereocenters. The van der Waals surface area contributed by atoms with Crippen LogP contribution in [-0.2, 0) is 20.9 Å². The number of β-lactam (4-membered cyclic amide) rings is 1. The lowest BCUT2D eigenvalue weighted by atomic mass is 9.97. The van der Waals surface area contributed by atoms with Gasteiger partial charge in [-0.1, -0.05) is 30.3 Å². The van der Waals surface area contributed by atoms with Crippen LogP contribution < -0.4 is 0 Å². The third kappa shape index (κ3) is 2.64. The average molecular weight is 233 g/mol. The molecule has 0 unspecified atom stereocenters. The Bertz CT molecular complexity index is 416. The van der Waals surface area contributed by atoms with Crippen LogP contribution in [0.4, 0.5) is 0 Å². The van der Waals surface area contributed by atoms with Crippen molar-refractivity contribution < 1.29 is 14.3 Å². The van der Waals surface area contributed by atoms with Gasteiger partial charge in [-0.05, 0) is 5.56 Å². The van der Waals surface area contributed by atoms with E-state index in [2.05, 4.69) is 4.74 Å². The fourth-order valence-electron chi connectivity index (χ4n) is 1.98. The quantitative estimate of drug-likeness (QED) is 0.582. The molecule has 0 bridgehead atoms. The summed E-state index contributed by atoms with van der Waals surface area (Å²) in [4.78, 5) is 24.4. The Balaban J connectivity index is 1.95. The topological polar surface area (TPSA) is 46.6 Å². The molecule has 4 nitrogen and oxygen atoms in total. The first-order chi connectivity index (χ1) is 8.20. The molecule has 1 heterocycles. The molecule has 1 aliphatic rings. The highest BCUT2D eigenvalue weighted by Crippen LogP contribution is 2.24. The third-order valence-electron chi connectivity index (χ3n) is 3.00. The van der Waals surface area contributed by atoms with E-state index in [9.17, 15) is 9.59 Å². The highest BCUT2D eigenvalue weighted by molar-refractivity contribution is 5.85. The second kappa shape index (κ2) is 4.99. The molecule has 0 aromatic heterocycles. The Hall–Kier alpha value is -1.84. The van der Waals surface area contributed by atoms with Gasteiger partial charge in [-0.2, -0.15) is 0 Å². The summed E-state index contributed by atoms with van der Waals surface area (Å²) >= 11 is 0. The van der Waals surface area contributed by atoms with Crippen LogP contribution in [0.5, 0.6) is 0 Å². The van der Waals surface area contributed by atoms with E-state index in [1.165, 1.54) is 7.11 Å². The zero-order valence-electron chi connectivity index (χ0n) is 9.76. The predicted molar refractivity (Wildman–Crippen MR) is 62.0 cm³/mol. The average Bonchev–Trinajstić information content (AvgIpc) is 2.36. The van der Waals surface area contributed by atoms with Gasteiger partial charge in [0.25, 0.3) is 0 Å². The number of likely N-dealkylation sites (tertiary alicyclic amines) is 1. The minimum Gasteiger partial charge on any atom is -0.469 e. The zero-order chi connectivity index (χ0) is 12.3. The molecule has 1 aromatic carbocycles. The molecular weight excluding hydrogens is 218 g/mol. The number of hydrogen-bond donors (Lipinski definition) is 0. The number of carbonyl (C=O) groups is 2. The van der Waals surface area contributed by atoms with Crippen molar-refractivity contribution >= 4 is 11.9 Å². The van der Waals surface area contributed by atoms with E-state index in [0.29, 0.717) is 13.0 Å². The second-order valence-electron chi connectivity index (χ2n) is 4.15. The summed E-state index contributed by atoms with van der Waals surface area (Å²) in [5.41, 5.74) is 1.08. The minimum atomic E-state index is -0.263. The first kappa shape index (κ1) is 11.6. The van der Waals surface area contributed by atoms with Crippen LogP contribution in [0.1, 0.15) is 18.4 Å². The molecule has 0 spiro atoms. The molecule has 0 aliphatic carbocycles. The number of nitrogens with zero attached hydrogens (tertiary/aromatic N) is 1. The number of esters is 1. The van der Waals surface area contributed by atoms with Crippen molar-refractivity contribution in [2.75, 3.05) is 7.11 Å². The van der Waals surface area contributed by atoms with Crippen molar-refractivity contribution in [3.05, 3.63) is 35.9 Å². The van der Waals surface area contributed by atoms with Crippen LogP contribution in [0.3, 0.4) is 0 Å². The lowest BCUT2D eigenvalue weighted by Crippen LogP contribution is -2.52. The largest absolute Gasteiger partial charge is 0.469 e. The number of benzene rings is 1. The summed E-state index contributed by atoms with van der Waals surface area (Å²) in [5, 5.41) is 0. The summed E-state index contributed by atoms with van der Waals surface area (Å²) in [5.74, 6) is -0.164. The van der Waals surface area contributed by atoms with Crippen molar-refractivity contribution in [1.82, 2.24) is 4.90 Å². The van der Waals surface area contributed by atoms with Gasteiger partial charge >= 0.3 is 5.97 Å². The van der Waals surface area contributed by atoms with Crippen molar-refractivity contribution in [3.8, 4) is 0 Å². The van der Waals surface area contributed by atoms with Crippen LogP contribution in [-0.4, -0.2) is 29.9 Å². The van der Waals surface area contributed by atoms with Gasteiger partial charge in [-0.15, -0.1) is 0 Å². The number of amides is 1. The standard InChI is InChI=1S/C13H15NO3/c1-17-13(16)8-11-7-12(15)14(11)9-10-5-3-2-4-6-10/h2-6,11H,7-9H2,1H3/t11-/m0/s1. The molecule has 4 heteroatoms. The van der Waals surface area contributed by atoms with Gasteiger partial charge in [0.2, 0.25) is 5.91 Å². The van der Waals surface area contributed by atoms with Crippen molar-refractivity contribution in [1.29, 1.82) is 0 Å². The molecule has 1 aromatic rings. The Morgan fingerprint density at radius 3 is 2.71 bits per heavy atom. The molecule has 0 saturated carbocycles. The lowest BCUT2D eigenvalue weighted by Gasteiger charge is -2.40. The SMILES string of the molecule is COC(=O)C[C@@H]1CC(=O)N1Cc1ccccc1. The zero-order valence-corrected chi connectivity index (χ0v) is 9.76. The van der Waals surface area contributed by atoms with Gasteiger partial charge in [0.15, 0.2) is 0 Å². The highest BCUT2D eigenvalue weighted by atomic mass is 16.5. The van der Waals surface area contributed by atoms with E-state index in [0.717, 1.165) is 5.56 Å². The monoisotopic (exact) mass is 233 g/mol. The Morgan fingerprint density at radius 1 is 1.41 bits per heavy atom. The van der Waals surface area contributed by atoms with E-state index < -0.39 is 0 Å². The number of hydrogen-bond acceptors (Lipinski definition) is 3. The number of rotatable bonds is 4. The lowest BCUT2D eigenvalue weighted by molar-refractivity contribution is -0.152. The molecule has 1 saturated heterocycles. The van der Waals surface area contributed by atoms with Gasteiger partial charge in [-0.25, -0.2) is 0 Å². The fraction of sp³-hybridized carbons (Fsp3) is 0.385. The maximum Gasteiger partial charge on any atom is 0.307 e. The van der Waals surface area contributed by atoms with E-state index in [4.69, 9.17) is 0 Å². The molecule has 90 valence electrons. The number of methoxy groups -OCH3 is 1. The molecule has 1 fully saturated rings. The molecule has 0 radical (unpaired) electrons. The Morgan fingerprint density at radius 2 is 2.12 bits per heavy atom. The first-order valence-corrected chi connectivity index (χ1v) is 5.61. The number of ether oxygens (including phenoxy) is 1. The van der Waals surface area contributed by atoms with Crippen LogP contribution in [0, 0.1) is 0 Å². The van der Waals surface area contributed by atoms with E-state index in [1.807, 2.05) is 30.3 Å². The smallest absolute Gasteiger partial charge is 0.307 e. The van der Waals surface area contributed by atoms with Crippen molar-refractivity contribution in [2.45, 2.75) is 25.4 Å². The summed E-state index contributed by atoms with van der Waals surface area (Å²) in [6.07, 6.45) is 0.733. The molecule has 1 amide bonds. The van der Waals surface area contributed by atoms with Gasteiger partial charge in [0.1, 0.15) is 0 Å². The Kier molecular flexibility index (Phi) is 3.42. The van der Waals surface area contributed by atoms with Gasteiger partial charge in [0.05, 0.1) is 19.6 Å². The maximum atomic E-state index is 11.5. The Labute approximate surface area is 100 Å². The van der Waals surface area contributed by atoms with E-state index in [-0.39, 0.29) is 24.3 Å². The summed E-state index contributed by atoms with van der Waals surface area (Å²) in [6, 6.07) is 9.76. The predicted octanol–water partition coefficient (Wildman–Crippen LogP) is 1.35. The highest BCUT2D eigenvalue weighted by Gasteiger charge is 2.37. The normalized spacial score (nSPS) is 18.8. The molecule has 1 aliphatic heterocycles. The number of carbonyl (C=O) groups excluding carboxylic acids is 2. The van der Waals surface area contributed by atoms with Gasteiger partial charge in [0, 0.05) is 13.0 Å². The second-order valence-corrected chi connectivity index (χ2v) is 4.15. The first-order valence-electron chi connectivity index (χ1n) is 5.61. The summed E-state index contributed by atoms with van der Waals surface area (Å²) in [6.45, 7) is 0.571. The van der Waals surface area contributed by atoms with Crippen LogP contribution in [0.25, 0.3) is 0 Å².